The molecule has 4 rings (SSSR count). The third-order valence-electron chi connectivity index (χ3n) is 4.78. The van der Waals surface area contributed by atoms with Crippen LogP contribution in [0.15, 0.2) is 42.5 Å². The molecule has 0 bridgehead atoms. The van der Waals surface area contributed by atoms with Crippen LogP contribution in [0.1, 0.15) is 34.7 Å². The number of hydrogen-bond acceptors (Lipinski definition) is 2. The number of halogens is 2. The van der Waals surface area contributed by atoms with E-state index in [4.69, 9.17) is 0 Å². The summed E-state index contributed by atoms with van der Waals surface area (Å²) in [7, 11) is 0. The molecular weight excluding hydrogens is 336 g/mol. The Morgan fingerprint density at radius 2 is 1.92 bits per heavy atom. The minimum atomic E-state index is -0.577. The van der Waals surface area contributed by atoms with Crippen LogP contribution in [0.2, 0.25) is 0 Å². The molecule has 0 aliphatic carbocycles. The summed E-state index contributed by atoms with van der Waals surface area (Å²) >= 11 is 0. The van der Waals surface area contributed by atoms with Crippen molar-refractivity contribution in [2.45, 2.75) is 26.2 Å². The lowest BCUT2D eigenvalue weighted by molar-refractivity contribution is -0.116. The minimum Gasteiger partial charge on any atom is -0.310 e. The Kier molecular flexibility index (Phi) is 3.83. The van der Waals surface area contributed by atoms with E-state index >= 15 is 0 Å². The molecule has 132 valence electrons. The SMILES string of the molecule is Cc1ccccc1-n1nc(C)c2c1NC(=O)C[C@H]2c1cc(F)ccc1F. The number of nitrogens with zero attached hydrogens (tertiary/aromatic N) is 2. The highest BCUT2D eigenvalue weighted by molar-refractivity contribution is 5.95. The summed E-state index contributed by atoms with van der Waals surface area (Å²) in [4.78, 5) is 12.3. The van der Waals surface area contributed by atoms with Gasteiger partial charge in [0.05, 0.1) is 11.4 Å². The number of hydrogen-bond donors (Lipinski definition) is 1. The van der Waals surface area contributed by atoms with Gasteiger partial charge in [-0.05, 0) is 49.2 Å². The number of nitrogens with one attached hydrogen (secondary N) is 1. The molecule has 0 radical (unpaired) electrons. The minimum absolute atomic E-state index is 0.0493. The normalized spacial score (nSPS) is 16.3. The van der Waals surface area contributed by atoms with Crippen molar-refractivity contribution in [3.63, 3.8) is 0 Å². The zero-order valence-electron chi connectivity index (χ0n) is 14.4. The van der Waals surface area contributed by atoms with Gasteiger partial charge < -0.3 is 5.32 Å². The predicted molar refractivity (Wildman–Crippen MR) is 94.5 cm³/mol. The Morgan fingerprint density at radius 1 is 1.15 bits per heavy atom. The molecule has 2 heterocycles. The van der Waals surface area contributed by atoms with E-state index in [2.05, 4.69) is 10.4 Å². The number of para-hydroxylation sites is 1. The lowest BCUT2D eigenvalue weighted by Crippen LogP contribution is -2.25. The highest BCUT2D eigenvalue weighted by Crippen LogP contribution is 2.41. The van der Waals surface area contributed by atoms with Gasteiger partial charge in [-0.1, -0.05) is 18.2 Å². The quantitative estimate of drug-likeness (QED) is 0.749. The Labute approximate surface area is 149 Å². The summed E-state index contributed by atoms with van der Waals surface area (Å²) in [5, 5.41) is 7.43. The molecule has 1 amide bonds. The maximum Gasteiger partial charge on any atom is 0.226 e. The topological polar surface area (TPSA) is 46.9 Å². The second-order valence-corrected chi connectivity index (χ2v) is 6.52. The molecule has 3 aromatic rings. The Hall–Kier alpha value is -3.02. The molecule has 0 saturated carbocycles. The van der Waals surface area contributed by atoms with Crippen molar-refractivity contribution in [2.24, 2.45) is 0 Å². The van der Waals surface area contributed by atoms with Gasteiger partial charge in [0.2, 0.25) is 5.91 Å². The van der Waals surface area contributed by atoms with Crippen molar-refractivity contribution < 1.29 is 13.6 Å². The van der Waals surface area contributed by atoms with Crippen LogP contribution >= 0.6 is 0 Å². The van der Waals surface area contributed by atoms with E-state index < -0.39 is 17.6 Å². The summed E-state index contributed by atoms with van der Waals surface area (Å²) in [6.07, 6.45) is 0.0493. The fourth-order valence-electron chi connectivity index (χ4n) is 3.57. The monoisotopic (exact) mass is 353 g/mol. The molecule has 1 atom stereocenters. The lowest BCUT2D eigenvalue weighted by atomic mass is 9.85. The molecule has 1 aromatic heterocycles. The standard InChI is InChI=1S/C20H17F2N3O/c1-11-5-3-4-6-17(11)25-20-19(12(2)24-25)15(10-18(26)23-20)14-9-13(21)7-8-16(14)22/h3-9,15H,10H2,1-2H3,(H,23,26)/t15-/m0/s1. The number of aryl methyl sites for hydroxylation is 2. The second-order valence-electron chi connectivity index (χ2n) is 6.52. The first-order valence-electron chi connectivity index (χ1n) is 8.36. The number of fused-ring (bicyclic) bond motifs is 1. The Morgan fingerprint density at radius 3 is 2.69 bits per heavy atom. The molecule has 2 aromatic carbocycles. The van der Waals surface area contributed by atoms with Gasteiger partial charge in [0.15, 0.2) is 0 Å². The third kappa shape index (κ3) is 2.58. The molecule has 4 nitrogen and oxygen atoms in total. The van der Waals surface area contributed by atoms with Crippen LogP contribution in [0.25, 0.3) is 5.69 Å². The lowest BCUT2D eigenvalue weighted by Gasteiger charge is -2.25. The molecule has 1 N–H and O–H groups in total. The predicted octanol–water partition coefficient (Wildman–Crippen LogP) is 4.24. The van der Waals surface area contributed by atoms with E-state index in [1.807, 2.05) is 38.1 Å². The third-order valence-corrected chi connectivity index (χ3v) is 4.78. The van der Waals surface area contributed by atoms with E-state index in [0.717, 1.165) is 35.0 Å². The van der Waals surface area contributed by atoms with Crippen LogP contribution in [-0.4, -0.2) is 15.7 Å². The molecule has 0 spiro atoms. The van der Waals surface area contributed by atoms with Crippen LogP contribution < -0.4 is 5.32 Å². The molecule has 1 aliphatic rings. The molecule has 6 heteroatoms. The van der Waals surface area contributed by atoms with Gasteiger partial charge in [0.1, 0.15) is 17.5 Å². The zero-order chi connectivity index (χ0) is 18.4. The van der Waals surface area contributed by atoms with Crippen LogP contribution in [0.4, 0.5) is 14.6 Å². The van der Waals surface area contributed by atoms with E-state index in [9.17, 15) is 13.6 Å². The van der Waals surface area contributed by atoms with E-state index in [0.29, 0.717) is 11.5 Å². The van der Waals surface area contributed by atoms with Crippen LogP contribution in [0.5, 0.6) is 0 Å². The largest absolute Gasteiger partial charge is 0.310 e. The summed E-state index contributed by atoms with van der Waals surface area (Å²) in [6.45, 7) is 3.77. The van der Waals surface area contributed by atoms with Crippen molar-refractivity contribution in [1.29, 1.82) is 0 Å². The number of carbonyl (C=O) groups is 1. The number of benzene rings is 2. The van der Waals surface area contributed by atoms with Crippen LogP contribution in [-0.2, 0) is 4.79 Å². The number of anilines is 1. The second kappa shape index (κ2) is 6.05. The molecular formula is C20H17F2N3O. The first-order chi connectivity index (χ1) is 12.5. The summed E-state index contributed by atoms with van der Waals surface area (Å²) < 4.78 is 29.8. The van der Waals surface area contributed by atoms with Crippen molar-refractivity contribution in [2.75, 3.05) is 5.32 Å². The average Bonchev–Trinajstić information content (AvgIpc) is 2.93. The van der Waals surface area contributed by atoms with Crippen LogP contribution in [0, 0.1) is 25.5 Å². The zero-order valence-corrected chi connectivity index (χ0v) is 14.4. The number of carbonyl (C=O) groups excluding carboxylic acids is 1. The highest BCUT2D eigenvalue weighted by Gasteiger charge is 2.34. The van der Waals surface area contributed by atoms with Gasteiger partial charge in [0, 0.05) is 17.9 Å². The summed E-state index contributed by atoms with van der Waals surface area (Å²) in [5.41, 5.74) is 3.39. The van der Waals surface area contributed by atoms with Gasteiger partial charge in [-0.25, -0.2) is 13.5 Å². The van der Waals surface area contributed by atoms with E-state index in [-0.39, 0.29) is 17.9 Å². The van der Waals surface area contributed by atoms with Gasteiger partial charge in [-0.2, -0.15) is 5.10 Å². The summed E-state index contributed by atoms with van der Waals surface area (Å²) in [5.74, 6) is -1.37. The summed E-state index contributed by atoms with van der Waals surface area (Å²) in [6, 6.07) is 11.0. The van der Waals surface area contributed by atoms with E-state index in [1.54, 1.807) is 4.68 Å². The average molecular weight is 353 g/mol. The molecule has 0 fully saturated rings. The number of amides is 1. The first kappa shape index (κ1) is 16.4. The van der Waals surface area contributed by atoms with Gasteiger partial charge in [-0.3, -0.25) is 4.79 Å². The Bertz CT molecular complexity index is 1030. The van der Waals surface area contributed by atoms with Crippen molar-refractivity contribution in [3.8, 4) is 5.69 Å². The van der Waals surface area contributed by atoms with Crippen molar-refractivity contribution in [3.05, 3.63) is 76.5 Å². The molecule has 0 unspecified atom stereocenters. The maximum atomic E-state index is 14.4. The van der Waals surface area contributed by atoms with Gasteiger partial charge in [-0.15, -0.1) is 0 Å². The van der Waals surface area contributed by atoms with Crippen molar-refractivity contribution in [1.82, 2.24) is 9.78 Å². The molecule has 1 aliphatic heterocycles. The van der Waals surface area contributed by atoms with Crippen LogP contribution in [0.3, 0.4) is 0 Å². The molecule has 0 saturated heterocycles. The van der Waals surface area contributed by atoms with Gasteiger partial charge in [0.25, 0.3) is 0 Å². The number of rotatable bonds is 2. The van der Waals surface area contributed by atoms with Crippen molar-refractivity contribution >= 4 is 11.7 Å². The fourth-order valence-corrected chi connectivity index (χ4v) is 3.57. The number of aromatic nitrogens is 2. The first-order valence-corrected chi connectivity index (χ1v) is 8.36. The van der Waals surface area contributed by atoms with Gasteiger partial charge >= 0.3 is 0 Å². The Balaban J connectivity index is 1.93. The smallest absolute Gasteiger partial charge is 0.226 e. The maximum absolute atomic E-state index is 14.4. The molecule has 26 heavy (non-hydrogen) atoms. The van der Waals surface area contributed by atoms with E-state index in [1.165, 1.54) is 0 Å². The fraction of sp³-hybridized carbons (Fsp3) is 0.200. The highest BCUT2D eigenvalue weighted by atomic mass is 19.1.